The average Bonchev–Trinajstić information content (AvgIpc) is 3.01. The summed E-state index contributed by atoms with van der Waals surface area (Å²) in [6, 6.07) is 7.99. The second-order valence-electron chi connectivity index (χ2n) is 6.39. The molecule has 1 atom stereocenters. The van der Waals surface area contributed by atoms with Crippen molar-refractivity contribution >= 4 is 26.8 Å². The number of rotatable bonds is 3. The first-order valence-corrected chi connectivity index (χ1v) is 9.32. The standard InChI is InChI=1S/C16H21N3O3S/c1-11-3-4-14-13(7-11)8-15(18(14)2)16(20)19-6-5-12(9-19)10-23(17,21)22/h3-4,7-8,12H,5-6,9-10H2,1-2H3,(H2,17,21,22)/t12-/m0/s1. The Bertz CT molecular complexity index is 870. The lowest BCUT2D eigenvalue weighted by molar-refractivity contribution is 0.0779. The molecule has 2 N–H and O–H groups in total. The molecule has 6 nitrogen and oxygen atoms in total. The van der Waals surface area contributed by atoms with Crippen molar-refractivity contribution < 1.29 is 13.2 Å². The molecule has 1 amide bonds. The summed E-state index contributed by atoms with van der Waals surface area (Å²) in [7, 11) is -1.62. The van der Waals surface area contributed by atoms with Gasteiger partial charge in [0.25, 0.3) is 5.91 Å². The number of hydrogen-bond acceptors (Lipinski definition) is 3. The fraction of sp³-hybridized carbons (Fsp3) is 0.438. The van der Waals surface area contributed by atoms with Gasteiger partial charge in [-0.3, -0.25) is 4.79 Å². The zero-order chi connectivity index (χ0) is 16.8. The number of aryl methyl sites for hydroxylation is 2. The molecule has 2 heterocycles. The zero-order valence-corrected chi connectivity index (χ0v) is 14.1. The molecule has 3 rings (SSSR count). The van der Waals surface area contributed by atoms with Crippen LogP contribution in [0.2, 0.25) is 0 Å². The van der Waals surface area contributed by atoms with Gasteiger partial charge in [0, 0.05) is 31.0 Å². The van der Waals surface area contributed by atoms with Gasteiger partial charge < -0.3 is 9.47 Å². The Kier molecular flexibility index (Phi) is 3.93. The minimum Gasteiger partial charge on any atom is -0.340 e. The van der Waals surface area contributed by atoms with Gasteiger partial charge in [-0.05, 0) is 37.5 Å². The lowest BCUT2D eigenvalue weighted by Crippen LogP contribution is -2.31. The van der Waals surface area contributed by atoms with Crippen molar-refractivity contribution in [3.8, 4) is 0 Å². The molecule has 1 saturated heterocycles. The molecule has 124 valence electrons. The molecular formula is C16H21N3O3S. The average molecular weight is 335 g/mol. The maximum absolute atomic E-state index is 12.8. The number of likely N-dealkylation sites (tertiary alicyclic amines) is 1. The molecule has 1 aromatic carbocycles. The number of aromatic nitrogens is 1. The van der Waals surface area contributed by atoms with Crippen LogP contribution in [-0.4, -0.2) is 42.6 Å². The van der Waals surface area contributed by atoms with Gasteiger partial charge >= 0.3 is 0 Å². The summed E-state index contributed by atoms with van der Waals surface area (Å²) in [5.41, 5.74) is 2.79. The van der Waals surface area contributed by atoms with Crippen molar-refractivity contribution in [3.63, 3.8) is 0 Å². The smallest absolute Gasteiger partial charge is 0.270 e. The molecule has 0 aliphatic carbocycles. The highest BCUT2D eigenvalue weighted by atomic mass is 32.2. The molecule has 0 saturated carbocycles. The van der Waals surface area contributed by atoms with Crippen LogP contribution in [0.4, 0.5) is 0 Å². The predicted molar refractivity (Wildman–Crippen MR) is 89.6 cm³/mol. The van der Waals surface area contributed by atoms with Crippen molar-refractivity contribution in [2.24, 2.45) is 18.1 Å². The molecule has 2 aromatic rings. The normalized spacial score (nSPS) is 18.7. The second-order valence-corrected chi connectivity index (χ2v) is 8.05. The molecule has 0 radical (unpaired) electrons. The van der Waals surface area contributed by atoms with Crippen LogP contribution in [0.25, 0.3) is 10.9 Å². The second kappa shape index (κ2) is 5.65. The van der Waals surface area contributed by atoms with Gasteiger partial charge in [0.15, 0.2) is 0 Å². The SMILES string of the molecule is Cc1ccc2c(c1)cc(C(=O)N1CC[C@H](CS(N)(=O)=O)C1)n2C. The highest BCUT2D eigenvalue weighted by molar-refractivity contribution is 7.89. The summed E-state index contributed by atoms with van der Waals surface area (Å²) >= 11 is 0. The summed E-state index contributed by atoms with van der Waals surface area (Å²) in [6.45, 7) is 3.03. The summed E-state index contributed by atoms with van der Waals surface area (Å²) < 4.78 is 24.3. The van der Waals surface area contributed by atoms with Crippen LogP contribution in [0.3, 0.4) is 0 Å². The molecule has 23 heavy (non-hydrogen) atoms. The number of carbonyl (C=O) groups excluding carboxylic acids is 1. The number of carbonyl (C=O) groups is 1. The Morgan fingerprint density at radius 2 is 2.09 bits per heavy atom. The van der Waals surface area contributed by atoms with E-state index in [-0.39, 0.29) is 17.6 Å². The van der Waals surface area contributed by atoms with E-state index in [1.54, 1.807) is 4.90 Å². The van der Waals surface area contributed by atoms with Crippen LogP contribution in [0.1, 0.15) is 22.5 Å². The lowest BCUT2D eigenvalue weighted by Gasteiger charge is -2.16. The molecule has 1 fully saturated rings. The zero-order valence-electron chi connectivity index (χ0n) is 13.3. The largest absolute Gasteiger partial charge is 0.340 e. The first-order valence-electron chi connectivity index (χ1n) is 7.60. The number of primary sulfonamides is 1. The summed E-state index contributed by atoms with van der Waals surface area (Å²) in [5, 5.41) is 6.14. The minimum atomic E-state index is -3.50. The Hall–Kier alpha value is -1.86. The molecule has 0 bridgehead atoms. The fourth-order valence-corrected chi connectivity index (χ4v) is 4.25. The third-order valence-corrected chi connectivity index (χ3v) is 5.39. The molecule has 1 aliphatic rings. The third-order valence-electron chi connectivity index (χ3n) is 4.46. The number of fused-ring (bicyclic) bond motifs is 1. The van der Waals surface area contributed by atoms with Gasteiger partial charge in [-0.1, -0.05) is 11.6 Å². The Morgan fingerprint density at radius 3 is 2.78 bits per heavy atom. The number of nitrogens with two attached hydrogens (primary N) is 1. The number of hydrogen-bond donors (Lipinski definition) is 1. The first kappa shape index (κ1) is 16.0. The molecule has 0 unspecified atom stereocenters. The van der Waals surface area contributed by atoms with E-state index in [1.165, 1.54) is 0 Å². The van der Waals surface area contributed by atoms with Gasteiger partial charge in [0.1, 0.15) is 5.69 Å². The fourth-order valence-electron chi connectivity index (χ4n) is 3.32. The summed E-state index contributed by atoms with van der Waals surface area (Å²) in [4.78, 5) is 14.5. The Morgan fingerprint density at radius 1 is 1.35 bits per heavy atom. The van der Waals surface area contributed by atoms with Crippen LogP contribution in [0.15, 0.2) is 24.3 Å². The van der Waals surface area contributed by atoms with E-state index < -0.39 is 10.0 Å². The highest BCUT2D eigenvalue weighted by Gasteiger charge is 2.30. The molecule has 7 heteroatoms. The summed E-state index contributed by atoms with van der Waals surface area (Å²) in [5.74, 6) is -0.199. The maximum Gasteiger partial charge on any atom is 0.270 e. The van der Waals surface area contributed by atoms with Crippen molar-refractivity contribution in [1.82, 2.24) is 9.47 Å². The predicted octanol–water partition coefficient (Wildman–Crippen LogP) is 1.24. The van der Waals surface area contributed by atoms with Gasteiger partial charge in [0.2, 0.25) is 10.0 Å². The first-order chi connectivity index (χ1) is 10.7. The quantitative estimate of drug-likeness (QED) is 0.915. The van der Waals surface area contributed by atoms with Crippen molar-refractivity contribution in [3.05, 3.63) is 35.5 Å². The molecular weight excluding hydrogens is 314 g/mol. The van der Waals surface area contributed by atoms with E-state index in [1.807, 2.05) is 36.7 Å². The van der Waals surface area contributed by atoms with E-state index in [2.05, 4.69) is 6.07 Å². The number of amides is 1. The van der Waals surface area contributed by atoms with E-state index in [0.29, 0.717) is 25.2 Å². The van der Waals surface area contributed by atoms with Crippen LogP contribution in [-0.2, 0) is 17.1 Å². The van der Waals surface area contributed by atoms with Gasteiger partial charge in [-0.2, -0.15) is 0 Å². The van der Waals surface area contributed by atoms with E-state index in [9.17, 15) is 13.2 Å². The monoisotopic (exact) mass is 335 g/mol. The van der Waals surface area contributed by atoms with Gasteiger partial charge in [0.05, 0.1) is 5.75 Å². The lowest BCUT2D eigenvalue weighted by atomic mass is 10.2. The van der Waals surface area contributed by atoms with Crippen LogP contribution < -0.4 is 5.14 Å². The topological polar surface area (TPSA) is 85.4 Å². The minimum absolute atomic E-state index is 0.0572. The van der Waals surface area contributed by atoms with Crippen LogP contribution >= 0.6 is 0 Å². The van der Waals surface area contributed by atoms with Crippen LogP contribution in [0, 0.1) is 12.8 Å². The van der Waals surface area contributed by atoms with Crippen molar-refractivity contribution in [2.45, 2.75) is 13.3 Å². The van der Waals surface area contributed by atoms with Crippen LogP contribution in [0.5, 0.6) is 0 Å². The molecule has 1 aliphatic heterocycles. The Labute approximate surface area is 135 Å². The van der Waals surface area contributed by atoms with Crippen molar-refractivity contribution in [1.29, 1.82) is 0 Å². The van der Waals surface area contributed by atoms with E-state index in [4.69, 9.17) is 5.14 Å². The summed E-state index contributed by atoms with van der Waals surface area (Å²) in [6.07, 6.45) is 0.672. The third kappa shape index (κ3) is 3.25. The molecule has 1 aromatic heterocycles. The number of benzene rings is 1. The van der Waals surface area contributed by atoms with Crippen molar-refractivity contribution in [2.75, 3.05) is 18.8 Å². The number of nitrogens with zero attached hydrogens (tertiary/aromatic N) is 2. The van der Waals surface area contributed by atoms with E-state index in [0.717, 1.165) is 16.5 Å². The number of sulfonamides is 1. The highest BCUT2D eigenvalue weighted by Crippen LogP contribution is 2.24. The van der Waals surface area contributed by atoms with E-state index >= 15 is 0 Å². The Balaban J connectivity index is 1.83. The van der Waals surface area contributed by atoms with Gasteiger partial charge in [-0.25, -0.2) is 13.6 Å². The maximum atomic E-state index is 12.8. The van der Waals surface area contributed by atoms with Gasteiger partial charge in [-0.15, -0.1) is 0 Å². The molecule has 0 spiro atoms.